The van der Waals surface area contributed by atoms with Crippen molar-refractivity contribution in [3.63, 3.8) is 0 Å². The van der Waals surface area contributed by atoms with Gasteiger partial charge in [-0.3, -0.25) is 9.59 Å². The van der Waals surface area contributed by atoms with Crippen molar-refractivity contribution in [2.75, 3.05) is 6.61 Å². The van der Waals surface area contributed by atoms with Gasteiger partial charge in [0.15, 0.2) is 0 Å². The van der Waals surface area contributed by atoms with Crippen LogP contribution in [0.5, 0.6) is 0 Å². The van der Waals surface area contributed by atoms with Crippen LogP contribution in [-0.4, -0.2) is 39.7 Å². The Hall–Kier alpha value is -2.99. The molecule has 6 nitrogen and oxygen atoms in total. The first-order valence-corrected chi connectivity index (χ1v) is 9.41. The van der Waals surface area contributed by atoms with E-state index in [1.165, 1.54) is 5.01 Å². The quantitative estimate of drug-likeness (QED) is 0.769. The number of hydrogen-bond acceptors (Lipinski definition) is 5. The molecule has 4 rings (SSSR count). The molecular formula is C22H23N3O3. The zero-order valence-electron chi connectivity index (χ0n) is 16.0. The third-order valence-corrected chi connectivity index (χ3v) is 5.25. The van der Waals surface area contributed by atoms with Crippen molar-refractivity contribution < 1.29 is 14.4 Å². The molecule has 0 spiro atoms. The van der Waals surface area contributed by atoms with E-state index in [1.807, 2.05) is 79.5 Å². The Labute approximate surface area is 164 Å². The zero-order chi connectivity index (χ0) is 19.7. The second-order valence-electron chi connectivity index (χ2n) is 7.77. The van der Waals surface area contributed by atoms with Crippen molar-refractivity contribution in [2.24, 2.45) is 11.1 Å². The van der Waals surface area contributed by atoms with Crippen LogP contribution >= 0.6 is 0 Å². The lowest BCUT2D eigenvalue weighted by Gasteiger charge is -2.36. The lowest BCUT2D eigenvalue weighted by atomic mass is 9.97. The first-order chi connectivity index (χ1) is 13.5. The zero-order valence-corrected chi connectivity index (χ0v) is 16.0. The van der Waals surface area contributed by atoms with Crippen molar-refractivity contribution in [1.29, 1.82) is 0 Å². The maximum Gasteiger partial charge on any atom is 0.256 e. The topological polar surface area (TPSA) is 62.2 Å². The molecule has 2 amide bonds. The summed E-state index contributed by atoms with van der Waals surface area (Å²) in [5.41, 5.74) is 2.00. The molecule has 2 aliphatic rings. The highest BCUT2D eigenvalue weighted by atomic mass is 16.6. The highest BCUT2D eigenvalue weighted by molar-refractivity contribution is 6.16. The van der Waals surface area contributed by atoms with E-state index in [9.17, 15) is 9.59 Å². The minimum atomic E-state index is -0.599. The van der Waals surface area contributed by atoms with Crippen molar-refractivity contribution in [3.05, 3.63) is 71.8 Å². The lowest BCUT2D eigenvalue weighted by molar-refractivity contribution is -0.163. The van der Waals surface area contributed by atoms with Crippen molar-refractivity contribution in [3.8, 4) is 0 Å². The van der Waals surface area contributed by atoms with Crippen molar-refractivity contribution >= 4 is 17.5 Å². The standard InChI is InChI=1S/C22H23N3O3/c1-22(2)13-19(26)25(24(22)14-16-9-5-3-6-10-16)21(27)18-15-28-23-20(18)17-11-7-4-8-12-17/h3-12,18H,13-15H2,1-2H3/t18-/m0/s1. The number of oxime groups is 1. The maximum atomic E-state index is 13.4. The predicted octanol–water partition coefficient (Wildman–Crippen LogP) is 2.99. The first-order valence-electron chi connectivity index (χ1n) is 9.41. The third-order valence-electron chi connectivity index (χ3n) is 5.25. The Morgan fingerprint density at radius 2 is 1.75 bits per heavy atom. The molecule has 0 N–H and O–H groups in total. The van der Waals surface area contributed by atoms with Crippen LogP contribution in [0.2, 0.25) is 0 Å². The molecule has 0 radical (unpaired) electrons. The summed E-state index contributed by atoms with van der Waals surface area (Å²) >= 11 is 0. The first kappa shape index (κ1) is 18.4. The number of imide groups is 1. The maximum absolute atomic E-state index is 13.4. The molecule has 0 aromatic heterocycles. The Morgan fingerprint density at radius 1 is 1.11 bits per heavy atom. The van der Waals surface area contributed by atoms with E-state index < -0.39 is 11.5 Å². The summed E-state index contributed by atoms with van der Waals surface area (Å²) in [7, 11) is 0. The van der Waals surface area contributed by atoms with Gasteiger partial charge >= 0.3 is 0 Å². The van der Waals surface area contributed by atoms with Crippen LogP contribution in [-0.2, 0) is 21.0 Å². The van der Waals surface area contributed by atoms with Gasteiger partial charge in [-0.2, -0.15) is 0 Å². The molecule has 0 saturated carbocycles. The molecule has 144 valence electrons. The van der Waals surface area contributed by atoms with Gasteiger partial charge in [0.25, 0.3) is 5.91 Å². The molecule has 2 aliphatic heterocycles. The van der Waals surface area contributed by atoms with E-state index in [2.05, 4.69) is 5.16 Å². The van der Waals surface area contributed by atoms with E-state index in [0.29, 0.717) is 12.3 Å². The van der Waals surface area contributed by atoms with Gasteiger partial charge in [0.2, 0.25) is 5.91 Å². The van der Waals surface area contributed by atoms with Crippen LogP contribution in [0.3, 0.4) is 0 Å². The molecule has 1 saturated heterocycles. The van der Waals surface area contributed by atoms with Crippen LogP contribution in [0.15, 0.2) is 65.8 Å². The van der Waals surface area contributed by atoms with Crippen LogP contribution < -0.4 is 0 Å². The molecule has 2 aromatic carbocycles. The van der Waals surface area contributed by atoms with Gasteiger partial charge < -0.3 is 4.84 Å². The molecule has 0 aliphatic carbocycles. The van der Waals surface area contributed by atoms with Gasteiger partial charge in [-0.1, -0.05) is 65.8 Å². The summed E-state index contributed by atoms with van der Waals surface area (Å²) in [6, 6.07) is 19.3. The second-order valence-corrected chi connectivity index (χ2v) is 7.77. The highest BCUT2D eigenvalue weighted by Gasteiger charge is 2.49. The summed E-state index contributed by atoms with van der Waals surface area (Å²) in [6.07, 6.45) is 0.289. The summed E-state index contributed by atoms with van der Waals surface area (Å²) < 4.78 is 0. The Bertz CT molecular complexity index is 909. The SMILES string of the molecule is CC1(C)CC(=O)N(C(=O)[C@H]2CON=C2c2ccccc2)N1Cc1ccccc1. The van der Waals surface area contributed by atoms with Crippen LogP contribution in [0.4, 0.5) is 0 Å². The van der Waals surface area contributed by atoms with Gasteiger partial charge in [0, 0.05) is 24.1 Å². The van der Waals surface area contributed by atoms with Gasteiger partial charge in [0.1, 0.15) is 18.2 Å². The number of hydrazine groups is 1. The second kappa shape index (κ2) is 7.20. The number of rotatable bonds is 4. The molecule has 28 heavy (non-hydrogen) atoms. The minimum Gasteiger partial charge on any atom is -0.394 e. The predicted molar refractivity (Wildman–Crippen MR) is 105 cm³/mol. The summed E-state index contributed by atoms with van der Waals surface area (Å²) in [4.78, 5) is 31.5. The monoisotopic (exact) mass is 377 g/mol. The average molecular weight is 377 g/mol. The minimum absolute atomic E-state index is 0.145. The smallest absolute Gasteiger partial charge is 0.256 e. The summed E-state index contributed by atoms with van der Waals surface area (Å²) in [5, 5.41) is 7.27. The fourth-order valence-corrected chi connectivity index (χ4v) is 3.75. The number of carbonyl (C=O) groups excluding carboxylic acids is 2. The number of carbonyl (C=O) groups is 2. The van der Waals surface area contributed by atoms with Crippen LogP contribution in [0.1, 0.15) is 31.4 Å². The van der Waals surface area contributed by atoms with Crippen LogP contribution in [0.25, 0.3) is 0 Å². The molecule has 1 atom stereocenters. The molecule has 0 unspecified atom stereocenters. The highest BCUT2D eigenvalue weighted by Crippen LogP contribution is 2.34. The van der Waals surface area contributed by atoms with E-state index in [4.69, 9.17) is 4.84 Å². The molecule has 0 bridgehead atoms. The van der Waals surface area contributed by atoms with Crippen molar-refractivity contribution in [2.45, 2.75) is 32.4 Å². The van der Waals surface area contributed by atoms with Gasteiger partial charge in [0.05, 0.1) is 0 Å². The summed E-state index contributed by atoms with van der Waals surface area (Å²) in [6.45, 7) is 4.60. The largest absolute Gasteiger partial charge is 0.394 e. The number of amides is 2. The van der Waals surface area contributed by atoms with Gasteiger partial charge in [-0.15, -0.1) is 0 Å². The van der Waals surface area contributed by atoms with Gasteiger partial charge in [-0.25, -0.2) is 10.0 Å². The number of benzene rings is 2. The number of hydrogen-bond donors (Lipinski definition) is 0. The Balaban J connectivity index is 1.63. The van der Waals surface area contributed by atoms with Crippen LogP contribution in [0, 0.1) is 5.92 Å². The fourth-order valence-electron chi connectivity index (χ4n) is 3.75. The van der Waals surface area contributed by atoms with E-state index >= 15 is 0 Å². The third kappa shape index (κ3) is 3.31. The van der Waals surface area contributed by atoms with Gasteiger partial charge in [-0.05, 0) is 19.4 Å². The normalized spacial score (nSPS) is 21.5. The van der Waals surface area contributed by atoms with E-state index in [1.54, 1.807) is 0 Å². The van der Waals surface area contributed by atoms with Crippen molar-refractivity contribution in [1.82, 2.24) is 10.0 Å². The molecular weight excluding hydrogens is 354 g/mol. The Kier molecular flexibility index (Phi) is 4.73. The molecule has 2 heterocycles. The number of nitrogens with zero attached hydrogens (tertiary/aromatic N) is 3. The average Bonchev–Trinajstić information content (AvgIpc) is 3.26. The van der Waals surface area contributed by atoms with E-state index in [0.717, 1.165) is 11.1 Å². The fraction of sp³-hybridized carbons (Fsp3) is 0.318. The molecule has 2 aromatic rings. The molecule has 6 heteroatoms. The van der Waals surface area contributed by atoms with E-state index in [-0.39, 0.29) is 24.8 Å². The lowest BCUT2D eigenvalue weighted by Crippen LogP contribution is -2.52. The molecule has 1 fully saturated rings. The summed E-state index contributed by atoms with van der Waals surface area (Å²) in [5.74, 6) is -1.07. The Morgan fingerprint density at radius 3 is 2.43 bits per heavy atom.